The summed E-state index contributed by atoms with van der Waals surface area (Å²) in [5, 5.41) is 15.4. The number of nitrogens with zero attached hydrogens (tertiary/aromatic N) is 4. The molecule has 0 aromatic carbocycles. The second-order valence-corrected chi connectivity index (χ2v) is 11.7. The molecule has 4 heterocycles. The van der Waals surface area contributed by atoms with E-state index in [4.69, 9.17) is 9.47 Å². The van der Waals surface area contributed by atoms with Crippen LogP contribution in [0.1, 0.15) is 57.1 Å². The van der Waals surface area contributed by atoms with Crippen molar-refractivity contribution >= 4 is 11.9 Å². The topological polar surface area (TPSA) is 100 Å². The van der Waals surface area contributed by atoms with Gasteiger partial charge in [0, 0.05) is 45.1 Å². The standard InChI is InChI=1S/C26H36F3N5O4/c1-37-20-15-38-10-5-19(20)31-16-3-8-24(12-16,25(36)6-2-7-25)22(35)33-13-18-11-17(33)14-34(18)23-30-9-4-21(32-23)26(27,28)29/h4,9,16-20,31,36H,2-3,5-8,10-15H2,1H3. The predicted octanol–water partition coefficient (Wildman–Crippen LogP) is 2.13. The molecule has 2 saturated carbocycles. The number of aliphatic hydroxyl groups is 1. The van der Waals surface area contributed by atoms with Crippen LogP contribution in [0.25, 0.3) is 0 Å². The van der Waals surface area contributed by atoms with Crippen LogP contribution in [0.4, 0.5) is 19.1 Å². The largest absolute Gasteiger partial charge is 0.433 e. The molecule has 3 saturated heterocycles. The third-order valence-corrected chi connectivity index (χ3v) is 9.74. The number of piperazine rings is 1. The van der Waals surface area contributed by atoms with Crippen LogP contribution in [0.5, 0.6) is 0 Å². The van der Waals surface area contributed by atoms with Crippen molar-refractivity contribution in [1.29, 1.82) is 0 Å². The molecule has 5 aliphatic rings. The smallest absolute Gasteiger partial charge is 0.389 e. The minimum Gasteiger partial charge on any atom is -0.389 e. The molecule has 2 N–H and O–H groups in total. The number of anilines is 1. The number of methoxy groups -OCH3 is 1. The van der Waals surface area contributed by atoms with Crippen LogP contribution in [0.15, 0.2) is 12.3 Å². The summed E-state index contributed by atoms with van der Waals surface area (Å²) in [6.07, 6.45) is 2.20. The summed E-state index contributed by atoms with van der Waals surface area (Å²) in [7, 11) is 1.68. The zero-order valence-corrected chi connectivity index (χ0v) is 21.6. The number of amides is 1. The minimum atomic E-state index is -4.54. The van der Waals surface area contributed by atoms with Crippen molar-refractivity contribution in [2.75, 3.05) is 38.3 Å². The van der Waals surface area contributed by atoms with E-state index >= 15 is 0 Å². The molecule has 1 aromatic rings. The Hall–Kier alpha value is -2.02. The average molecular weight is 540 g/mol. The number of carbonyl (C=O) groups excluding carboxylic acids is 1. The molecular weight excluding hydrogens is 503 g/mol. The number of alkyl halides is 3. The molecule has 6 atom stereocenters. The maximum absolute atomic E-state index is 14.3. The normalized spacial score (nSPS) is 36.5. The van der Waals surface area contributed by atoms with Crippen LogP contribution in [0.2, 0.25) is 0 Å². The summed E-state index contributed by atoms with van der Waals surface area (Å²) >= 11 is 0. The Bertz CT molecular complexity index is 1060. The molecule has 0 spiro atoms. The van der Waals surface area contributed by atoms with Gasteiger partial charge in [-0.25, -0.2) is 9.97 Å². The Morgan fingerprint density at radius 2 is 2.05 bits per heavy atom. The first kappa shape index (κ1) is 26.2. The molecule has 9 nitrogen and oxygen atoms in total. The third-order valence-electron chi connectivity index (χ3n) is 9.74. The van der Waals surface area contributed by atoms with Crippen molar-refractivity contribution in [2.45, 2.75) is 93.4 Å². The Balaban J connectivity index is 1.17. The first-order valence-corrected chi connectivity index (χ1v) is 13.7. The first-order valence-electron chi connectivity index (χ1n) is 13.7. The lowest BCUT2D eigenvalue weighted by atomic mass is 9.59. The molecule has 2 bridgehead atoms. The Morgan fingerprint density at radius 1 is 1.24 bits per heavy atom. The lowest BCUT2D eigenvalue weighted by Gasteiger charge is -2.52. The number of nitrogens with one attached hydrogen (secondary N) is 1. The molecular formula is C26H36F3N5O4. The van der Waals surface area contributed by atoms with Crippen LogP contribution in [-0.4, -0.2) is 95.2 Å². The van der Waals surface area contributed by atoms with Crippen molar-refractivity contribution in [2.24, 2.45) is 5.41 Å². The van der Waals surface area contributed by atoms with Crippen molar-refractivity contribution in [3.05, 3.63) is 18.0 Å². The molecule has 5 fully saturated rings. The first-order chi connectivity index (χ1) is 18.1. The van der Waals surface area contributed by atoms with E-state index in [0.29, 0.717) is 58.4 Å². The molecule has 0 radical (unpaired) electrons. The number of hydrogen-bond donors (Lipinski definition) is 2. The molecule has 3 aliphatic heterocycles. The van der Waals surface area contributed by atoms with Gasteiger partial charge in [-0.3, -0.25) is 4.79 Å². The van der Waals surface area contributed by atoms with Gasteiger partial charge < -0.3 is 29.7 Å². The van der Waals surface area contributed by atoms with Gasteiger partial charge >= 0.3 is 6.18 Å². The molecule has 38 heavy (non-hydrogen) atoms. The van der Waals surface area contributed by atoms with Gasteiger partial charge in [0.1, 0.15) is 5.69 Å². The summed E-state index contributed by atoms with van der Waals surface area (Å²) in [5.41, 5.74) is -2.82. The highest BCUT2D eigenvalue weighted by molar-refractivity contribution is 5.86. The second-order valence-electron chi connectivity index (χ2n) is 11.7. The number of halogens is 3. The van der Waals surface area contributed by atoms with Gasteiger partial charge in [0.25, 0.3) is 0 Å². The summed E-state index contributed by atoms with van der Waals surface area (Å²) in [5.74, 6) is 0.0532. The fourth-order valence-corrected chi connectivity index (χ4v) is 7.51. The Kier molecular flexibility index (Phi) is 6.60. The second kappa shape index (κ2) is 9.57. The number of carbonyl (C=O) groups is 1. The van der Waals surface area contributed by atoms with E-state index in [1.807, 2.05) is 4.90 Å². The minimum absolute atomic E-state index is 0.00335. The Labute approximate surface area is 220 Å². The predicted molar refractivity (Wildman–Crippen MR) is 130 cm³/mol. The Morgan fingerprint density at radius 3 is 2.71 bits per heavy atom. The van der Waals surface area contributed by atoms with Gasteiger partial charge in [0.05, 0.1) is 35.8 Å². The zero-order chi connectivity index (χ0) is 26.7. The summed E-state index contributed by atoms with van der Waals surface area (Å²) in [4.78, 5) is 25.8. The molecule has 210 valence electrons. The van der Waals surface area contributed by atoms with Gasteiger partial charge in [-0.05, 0) is 57.4 Å². The number of likely N-dealkylation sites (tertiary alicyclic amines) is 1. The van der Waals surface area contributed by atoms with Gasteiger partial charge in [-0.1, -0.05) is 0 Å². The van der Waals surface area contributed by atoms with E-state index < -0.39 is 22.9 Å². The van der Waals surface area contributed by atoms with Crippen molar-refractivity contribution in [3.8, 4) is 0 Å². The van der Waals surface area contributed by atoms with Crippen molar-refractivity contribution < 1.29 is 32.5 Å². The highest BCUT2D eigenvalue weighted by Crippen LogP contribution is 2.57. The quantitative estimate of drug-likeness (QED) is 0.568. The molecule has 1 aromatic heterocycles. The summed E-state index contributed by atoms with van der Waals surface area (Å²) in [6.45, 7) is 2.01. The fraction of sp³-hybridized carbons (Fsp3) is 0.808. The number of hydrogen-bond acceptors (Lipinski definition) is 8. The number of ether oxygens (including phenoxy) is 2. The van der Waals surface area contributed by atoms with Gasteiger partial charge in [0.15, 0.2) is 0 Å². The third kappa shape index (κ3) is 4.28. The van der Waals surface area contributed by atoms with Crippen LogP contribution < -0.4 is 10.2 Å². The SMILES string of the molecule is COC1COCCC1NC1CCC(C(=O)N2CC3CC2CN3c2nccc(C(F)(F)F)n2)(C2(O)CCC2)C1. The van der Waals surface area contributed by atoms with Gasteiger partial charge in [-0.15, -0.1) is 0 Å². The van der Waals surface area contributed by atoms with Crippen LogP contribution in [0, 0.1) is 5.41 Å². The fourth-order valence-electron chi connectivity index (χ4n) is 7.51. The van der Waals surface area contributed by atoms with Crippen molar-refractivity contribution in [1.82, 2.24) is 20.2 Å². The van der Waals surface area contributed by atoms with Gasteiger partial charge in [0.2, 0.25) is 11.9 Å². The van der Waals surface area contributed by atoms with Crippen LogP contribution in [-0.2, 0) is 20.4 Å². The molecule has 1 amide bonds. The van der Waals surface area contributed by atoms with E-state index in [0.717, 1.165) is 31.5 Å². The monoisotopic (exact) mass is 539 g/mol. The number of aromatic nitrogens is 2. The van der Waals surface area contributed by atoms with Crippen LogP contribution >= 0.6 is 0 Å². The van der Waals surface area contributed by atoms with E-state index in [1.165, 1.54) is 0 Å². The molecule has 6 rings (SSSR count). The zero-order valence-electron chi connectivity index (χ0n) is 21.6. The molecule has 2 aliphatic carbocycles. The summed E-state index contributed by atoms with van der Waals surface area (Å²) < 4.78 is 50.7. The summed E-state index contributed by atoms with van der Waals surface area (Å²) in [6, 6.07) is 0.840. The molecule has 6 unspecified atom stereocenters. The van der Waals surface area contributed by atoms with E-state index in [9.17, 15) is 23.1 Å². The highest BCUT2D eigenvalue weighted by Gasteiger charge is 2.64. The lowest BCUT2D eigenvalue weighted by molar-refractivity contribution is -0.178. The average Bonchev–Trinajstić information content (AvgIpc) is 3.62. The highest BCUT2D eigenvalue weighted by atomic mass is 19.4. The van der Waals surface area contributed by atoms with Crippen molar-refractivity contribution in [3.63, 3.8) is 0 Å². The van der Waals surface area contributed by atoms with E-state index in [-0.39, 0.29) is 42.1 Å². The lowest BCUT2D eigenvalue weighted by Crippen LogP contribution is -2.63. The van der Waals surface area contributed by atoms with E-state index in [1.54, 1.807) is 12.0 Å². The maximum Gasteiger partial charge on any atom is 0.433 e. The maximum atomic E-state index is 14.3. The number of fused-ring (bicyclic) bond motifs is 2. The van der Waals surface area contributed by atoms with Gasteiger partial charge in [-0.2, -0.15) is 13.2 Å². The molecule has 12 heteroatoms. The van der Waals surface area contributed by atoms with Crippen LogP contribution in [0.3, 0.4) is 0 Å². The van der Waals surface area contributed by atoms with E-state index in [2.05, 4.69) is 15.3 Å². The number of rotatable bonds is 6.